The lowest BCUT2D eigenvalue weighted by Crippen LogP contribution is -2.33. The highest BCUT2D eigenvalue weighted by Crippen LogP contribution is 2.27. The number of hydrogen-bond acceptors (Lipinski definition) is 7. The number of benzene rings is 1. The van der Waals surface area contributed by atoms with Gasteiger partial charge in [0.15, 0.2) is 0 Å². The van der Waals surface area contributed by atoms with E-state index in [2.05, 4.69) is 15.5 Å². The van der Waals surface area contributed by atoms with Crippen molar-refractivity contribution in [2.45, 2.75) is 38.8 Å². The van der Waals surface area contributed by atoms with E-state index in [0.717, 1.165) is 16.6 Å². The largest absolute Gasteiger partial charge is 0.494 e. The van der Waals surface area contributed by atoms with Crippen molar-refractivity contribution in [3.8, 4) is 5.88 Å². The molecule has 1 unspecified atom stereocenters. The molecular formula is C17H19N5O5. The molecule has 3 N–H and O–H groups in total. The maximum absolute atomic E-state index is 12.2. The first-order valence-electron chi connectivity index (χ1n) is 8.55. The van der Waals surface area contributed by atoms with Crippen LogP contribution in [0.1, 0.15) is 43.4 Å². The van der Waals surface area contributed by atoms with Crippen LogP contribution in [0.2, 0.25) is 0 Å². The summed E-state index contributed by atoms with van der Waals surface area (Å²) < 4.78 is 1.13. The van der Waals surface area contributed by atoms with E-state index in [1.807, 2.05) is 6.92 Å². The number of hydrogen-bond donors (Lipinski definition) is 3. The number of aromatic hydroxyl groups is 1. The zero-order chi connectivity index (χ0) is 19.6. The van der Waals surface area contributed by atoms with Crippen LogP contribution in [0.4, 0.5) is 5.69 Å². The molecule has 0 saturated carbocycles. The Hall–Kier alpha value is -3.43. The van der Waals surface area contributed by atoms with Crippen LogP contribution < -0.4 is 16.7 Å². The van der Waals surface area contributed by atoms with Crippen molar-refractivity contribution in [3.63, 3.8) is 0 Å². The summed E-state index contributed by atoms with van der Waals surface area (Å²) in [5, 5.41) is 25.3. The number of hydrazone groups is 1. The lowest BCUT2D eigenvalue weighted by atomic mass is 10.00. The predicted octanol–water partition coefficient (Wildman–Crippen LogP) is 1.39. The van der Waals surface area contributed by atoms with Crippen molar-refractivity contribution in [2.24, 2.45) is 5.10 Å². The number of H-pyrrole nitrogens is 1. The van der Waals surface area contributed by atoms with Crippen molar-refractivity contribution in [1.82, 2.24) is 15.0 Å². The number of nitro benzene ring substituents is 1. The van der Waals surface area contributed by atoms with Crippen LogP contribution in [0.15, 0.2) is 39.0 Å². The fourth-order valence-electron chi connectivity index (χ4n) is 2.96. The third-order valence-corrected chi connectivity index (χ3v) is 4.45. The molecule has 10 nitrogen and oxygen atoms in total. The van der Waals surface area contributed by atoms with Gasteiger partial charge in [-0.3, -0.25) is 24.5 Å². The molecule has 1 aliphatic rings. The molecule has 142 valence electrons. The van der Waals surface area contributed by atoms with Gasteiger partial charge in [-0.25, -0.2) is 4.79 Å². The topological polar surface area (TPSA) is 143 Å². The summed E-state index contributed by atoms with van der Waals surface area (Å²) in [4.78, 5) is 36.7. The van der Waals surface area contributed by atoms with Gasteiger partial charge in [-0.05, 0) is 12.0 Å². The van der Waals surface area contributed by atoms with Crippen molar-refractivity contribution < 1.29 is 10.0 Å². The average molecular weight is 373 g/mol. The Morgan fingerprint density at radius 1 is 1.33 bits per heavy atom. The van der Waals surface area contributed by atoms with Gasteiger partial charge in [0.05, 0.1) is 16.7 Å². The second kappa shape index (κ2) is 7.44. The molecule has 2 aromatic rings. The number of rotatable bonds is 6. The Bertz CT molecular complexity index is 1010. The van der Waals surface area contributed by atoms with Crippen LogP contribution in [0, 0.1) is 10.1 Å². The Morgan fingerprint density at radius 2 is 2.04 bits per heavy atom. The van der Waals surface area contributed by atoms with Crippen molar-refractivity contribution >= 4 is 11.4 Å². The molecule has 10 heteroatoms. The second-order valence-electron chi connectivity index (χ2n) is 6.26. The standard InChI is InChI=1S/C17H19N5O5/c1-2-3-8-21-16(24)14(15(23)18-17(21)25)13-9-12(19-20-13)10-4-6-11(7-5-10)22(26)27/h4-7,12,19,24H,2-3,8-9H2,1H3,(H,18,23,25). The molecule has 0 fully saturated rings. The van der Waals surface area contributed by atoms with Gasteiger partial charge in [0.2, 0.25) is 5.88 Å². The minimum Gasteiger partial charge on any atom is -0.494 e. The van der Waals surface area contributed by atoms with Gasteiger partial charge in [-0.2, -0.15) is 5.10 Å². The van der Waals surface area contributed by atoms with Gasteiger partial charge in [-0.15, -0.1) is 0 Å². The number of non-ortho nitro benzene ring substituents is 1. The molecule has 27 heavy (non-hydrogen) atoms. The van der Waals surface area contributed by atoms with E-state index in [9.17, 15) is 24.8 Å². The normalized spacial score (nSPS) is 16.0. The zero-order valence-corrected chi connectivity index (χ0v) is 14.6. The maximum atomic E-state index is 12.2. The van der Waals surface area contributed by atoms with Crippen molar-refractivity contribution in [3.05, 3.63) is 66.3 Å². The highest BCUT2D eigenvalue weighted by molar-refractivity contribution is 6.03. The van der Waals surface area contributed by atoms with Crippen molar-refractivity contribution in [2.75, 3.05) is 0 Å². The molecule has 0 radical (unpaired) electrons. The zero-order valence-electron chi connectivity index (χ0n) is 14.6. The summed E-state index contributed by atoms with van der Waals surface area (Å²) in [5.74, 6) is -0.401. The van der Waals surface area contributed by atoms with Crippen LogP contribution in [0.3, 0.4) is 0 Å². The van der Waals surface area contributed by atoms with E-state index in [4.69, 9.17) is 0 Å². The molecule has 1 aromatic carbocycles. The SMILES string of the molecule is CCCCn1c(O)c(C2=NNC(c3ccc([N+](=O)[O-])cc3)C2)c(=O)[nH]c1=O. The number of nitro groups is 1. The predicted molar refractivity (Wildman–Crippen MR) is 98.0 cm³/mol. The molecule has 3 rings (SSSR count). The van der Waals surface area contributed by atoms with E-state index >= 15 is 0 Å². The minimum atomic E-state index is -0.699. The third kappa shape index (κ3) is 3.59. The van der Waals surface area contributed by atoms with Crippen LogP contribution in [-0.2, 0) is 6.54 Å². The minimum absolute atomic E-state index is 0.0185. The van der Waals surface area contributed by atoms with Gasteiger partial charge in [0.1, 0.15) is 5.56 Å². The van der Waals surface area contributed by atoms with Gasteiger partial charge in [-0.1, -0.05) is 25.5 Å². The highest BCUT2D eigenvalue weighted by Gasteiger charge is 2.27. The molecule has 0 amide bonds. The molecule has 1 aliphatic heterocycles. The Labute approximate surface area is 153 Å². The van der Waals surface area contributed by atoms with Gasteiger partial charge in [0, 0.05) is 25.1 Å². The Morgan fingerprint density at radius 3 is 2.67 bits per heavy atom. The van der Waals surface area contributed by atoms with Crippen LogP contribution in [0.5, 0.6) is 5.88 Å². The fourth-order valence-corrected chi connectivity index (χ4v) is 2.96. The Balaban J connectivity index is 1.87. The lowest BCUT2D eigenvalue weighted by Gasteiger charge is -2.11. The van der Waals surface area contributed by atoms with E-state index < -0.39 is 22.1 Å². The van der Waals surface area contributed by atoms with E-state index in [1.165, 1.54) is 12.1 Å². The van der Waals surface area contributed by atoms with Crippen molar-refractivity contribution in [1.29, 1.82) is 0 Å². The van der Waals surface area contributed by atoms with Gasteiger partial charge >= 0.3 is 5.69 Å². The number of unbranched alkanes of at least 4 members (excludes halogenated alkanes) is 1. The quantitative estimate of drug-likeness (QED) is 0.516. The van der Waals surface area contributed by atoms with Crippen LogP contribution in [-0.4, -0.2) is 25.3 Å². The number of aromatic nitrogens is 2. The molecule has 0 aliphatic carbocycles. The number of nitrogens with zero attached hydrogens (tertiary/aromatic N) is 3. The molecule has 0 saturated heterocycles. The summed E-state index contributed by atoms with van der Waals surface area (Å²) in [7, 11) is 0. The van der Waals surface area contributed by atoms with Crippen LogP contribution in [0.25, 0.3) is 0 Å². The third-order valence-electron chi connectivity index (χ3n) is 4.45. The first kappa shape index (κ1) is 18.4. The van der Waals surface area contributed by atoms with Gasteiger partial charge in [0.25, 0.3) is 11.2 Å². The van der Waals surface area contributed by atoms with Crippen LogP contribution >= 0.6 is 0 Å². The van der Waals surface area contributed by atoms with Gasteiger partial charge < -0.3 is 10.5 Å². The van der Waals surface area contributed by atoms with E-state index in [-0.39, 0.29) is 23.8 Å². The average Bonchev–Trinajstić information content (AvgIpc) is 3.11. The highest BCUT2D eigenvalue weighted by atomic mass is 16.6. The van der Waals surface area contributed by atoms with E-state index in [0.29, 0.717) is 18.6 Å². The molecule has 1 atom stereocenters. The molecule has 2 heterocycles. The second-order valence-corrected chi connectivity index (χ2v) is 6.26. The summed E-state index contributed by atoms with van der Waals surface area (Å²) in [6.07, 6.45) is 1.79. The summed E-state index contributed by atoms with van der Waals surface area (Å²) in [6, 6.07) is 5.71. The summed E-state index contributed by atoms with van der Waals surface area (Å²) >= 11 is 0. The maximum Gasteiger partial charge on any atom is 0.331 e. The smallest absolute Gasteiger partial charge is 0.331 e. The lowest BCUT2D eigenvalue weighted by molar-refractivity contribution is -0.384. The fraction of sp³-hybridized carbons (Fsp3) is 0.353. The molecule has 0 spiro atoms. The monoisotopic (exact) mass is 373 g/mol. The molecule has 1 aromatic heterocycles. The Kier molecular flexibility index (Phi) is 5.06. The molecular weight excluding hydrogens is 354 g/mol. The summed E-state index contributed by atoms with van der Waals surface area (Å²) in [6.45, 7) is 2.24. The first-order valence-corrected chi connectivity index (χ1v) is 8.55. The number of aromatic amines is 1. The first-order chi connectivity index (χ1) is 12.9. The number of nitrogens with one attached hydrogen (secondary N) is 2. The summed E-state index contributed by atoms with van der Waals surface area (Å²) in [5.41, 5.74) is 2.53. The van der Waals surface area contributed by atoms with E-state index in [1.54, 1.807) is 12.1 Å². The molecule has 0 bridgehead atoms.